The van der Waals surface area contributed by atoms with E-state index >= 15 is 0 Å². The summed E-state index contributed by atoms with van der Waals surface area (Å²) in [7, 11) is -3.48. The van der Waals surface area contributed by atoms with E-state index in [2.05, 4.69) is 4.72 Å². The minimum atomic E-state index is -3.48. The Kier molecular flexibility index (Phi) is 5.16. The van der Waals surface area contributed by atoms with Gasteiger partial charge in [-0.2, -0.15) is 0 Å². The molecule has 0 heterocycles. The van der Waals surface area contributed by atoms with Crippen LogP contribution in [0, 0.1) is 0 Å². The van der Waals surface area contributed by atoms with Crippen LogP contribution >= 0.6 is 0 Å². The number of nitrogens with two attached hydrogens (primary N) is 1. The largest absolute Gasteiger partial charge is 0.399 e. The molecule has 0 spiro atoms. The summed E-state index contributed by atoms with van der Waals surface area (Å²) in [5.74, 6) is 0. The molecule has 1 aromatic carbocycles. The summed E-state index contributed by atoms with van der Waals surface area (Å²) in [6, 6.07) is 5.01. The molecule has 18 heavy (non-hydrogen) atoms. The molecule has 0 unspecified atom stereocenters. The highest BCUT2D eigenvalue weighted by Crippen LogP contribution is 2.20. The molecular weight excluding hydrogens is 248 g/mol. The van der Waals surface area contributed by atoms with E-state index in [0.717, 1.165) is 18.4 Å². The van der Waals surface area contributed by atoms with E-state index in [4.69, 9.17) is 5.73 Å². The SMILES string of the molecule is CCc1ccc(N)cc1S(=O)(=O)NC(CC)CC. The van der Waals surface area contributed by atoms with Crippen molar-refractivity contribution < 1.29 is 8.42 Å². The summed E-state index contributed by atoms with van der Waals surface area (Å²) in [5, 5.41) is 0. The molecule has 0 bridgehead atoms. The number of nitrogens with one attached hydrogen (secondary N) is 1. The van der Waals surface area contributed by atoms with Gasteiger partial charge in [0.1, 0.15) is 0 Å². The molecule has 0 aliphatic rings. The Labute approximate surface area is 110 Å². The molecule has 3 N–H and O–H groups in total. The predicted octanol–water partition coefficient (Wildman–Crippen LogP) is 2.30. The minimum absolute atomic E-state index is 0.0267. The summed E-state index contributed by atoms with van der Waals surface area (Å²) in [6.07, 6.45) is 2.22. The zero-order valence-corrected chi connectivity index (χ0v) is 12.0. The summed E-state index contributed by atoms with van der Waals surface area (Å²) in [4.78, 5) is 0.303. The van der Waals surface area contributed by atoms with Crippen molar-refractivity contribution in [2.75, 3.05) is 5.73 Å². The number of hydrogen-bond acceptors (Lipinski definition) is 3. The number of hydrogen-bond donors (Lipinski definition) is 2. The van der Waals surface area contributed by atoms with Gasteiger partial charge < -0.3 is 5.73 Å². The Balaban J connectivity index is 3.15. The van der Waals surface area contributed by atoms with Crippen molar-refractivity contribution >= 4 is 15.7 Å². The van der Waals surface area contributed by atoms with Crippen LogP contribution in [0.5, 0.6) is 0 Å². The number of rotatable bonds is 6. The molecule has 0 saturated heterocycles. The summed E-state index contributed by atoms with van der Waals surface area (Å²) in [5.41, 5.74) is 6.95. The molecule has 0 aliphatic carbocycles. The number of nitrogen functional groups attached to an aromatic ring is 1. The van der Waals surface area contributed by atoms with Gasteiger partial charge in [-0.25, -0.2) is 13.1 Å². The van der Waals surface area contributed by atoms with Crippen LogP contribution < -0.4 is 10.5 Å². The van der Waals surface area contributed by atoms with Gasteiger partial charge in [0.15, 0.2) is 0 Å². The molecule has 0 aliphatic heterocycles. The van der Waals surface area contributed by atoms with Crippen LogP contribution in [-0.2, 0) is 16.4 Å². The number of sulfonamides is 1. The molecule has 5 heteroatoms. The lowest BCUT2D eigenvalue weighted by Crippen LogP contribution is -2.34. The van der Waals surface area contributed by atoms with Crippen molar-refractivity contribution in [3.63, 3.8) is 0 Å². The summed E-state index contributed by atoms with van der Waals surface area (Å²) >= 11 is 0. The van der Waals surface area contributed by atoms with E-state index in [9.17, 15) is 8.42 Å². The van der Waals surface area contributed by atoms with Crippen LogP contribution in [0.1, 0.15) is 39.2 Å². The van der Waals surface area contributed by atoms with Crippen molar-refractivity contribution in [3.05, 3.63) is 23.8 Å². The van der Waals surface area contributed by atoms with Gasteiger partial charge >= 0.3 is 0 Å². The molecule has 102 valence electrons. The number of benzene rings is 1. The van der Waals surface area contributed by atoms with Crippen LogP contribution in [0.3, 0.4) is 0 Å². The van der Waals surface area contributed by atoms with Crippen LogP contribution in [0.2, 0.25) is 0 Å². The molecule has 0 saturated carbocycles. The number of anilines is 1. The quantitative estimate of drug-likeness (QED) is 0.779. The lowest BCUT2D eigenvalue weighted by molar-refractivity contribution is 0.529. The smallest absolute Gasteiger partial charge is 0.241 e. The van der Waals surface area contributed by atoms with E-state index in [0.29, 0.717) is 17.0 Å². The van der Waals surface area contributed by atoms with Crippen LogP contribution in [0.4, 0.5) is 5.69 Å². The highest BCUT2D eigenvalue weighted by Gasteiger charge is 2.20. The average molecular weight is 270 g/mol. The van der Waals surface area contributed by atoms with Crippen LogP contribution in [0.25, 0.3) is 0 Å². The van der Waals surface area contributed by atoms with E-state index in [-0.39, 0.29) is 6.04 Å². The highest BCUT2D eigenvalue weighted by atomic mass is 32.2. The van der Waals surface area contributed by atoms with Gasteiger partial charge in [-0.3, -0.25) is 0 Å². The molecular formula is C13H22N2O2S. The number of aryl methyl sites for hydroxylation is 1. The minimum Gasteiger partial charge on any atom is -0.399 e. The molecule has 0 radical (unpaired) electrons. The van der Waals surface area contributed by atoms with Crippen molar-refractivity contribution in [2.24, 2.45) is 0 Å². The topological polar surface area (TPSA) is 72.2 Å². The highest BCUT2D eigenvalue weighted by molar-refractivity contribution is 7.89. The standard InChI is InChI=1S/C13H22N2O2S/c1-4-10-7-8-11(14)9-13(10)18(16,17)15-12(5-2)6-3/h7-9,12,15H,4-6,14H2,1-3H3. The molecule has 0 fully saturated rings. The van der Waals surface area contributed by atoms with Crippen LogP contribution in [-0.4, -0.2) is 14.5 Å². The van der Waals surface area contributed by atoms with Gasteiger partial charge in [-0.1, -0.05) is 26.8 Å². The van der Waals surface area contributed by atoms with Gasteiger partial charge in [-0.15, -0.1) is 0 Å². The fourth-order valence-corrected chi connectivity index (χ4v) is 3.60. The molecule has 1 rings (SSSR count). The van der Waals surface area contributed by atoms with Gasteiger partial charge in [0, 0.05) is 11.7 Å². The predicted molar refractivity (Wildman–Crippen MR) is 74.9 cm³/mol. The third-order valence-corrected chi connectivity index (χ3v) is 4.67. The molecule has 4 nitrogen and oxygen atoms in total. The van der Waals surface area contributed by atoms with Gasteiger partial charge in [-0.05, 0) is 37.0 Å². The lowest BCUT2D eigenvalue weighted by atomic mass is 10.1. The second-order valence-corrected chi connectivity index (χ2v) is 6.04. The van der Waals surface area contributed by atoms with Crippen molar-refractivity contribution in [2.45, 2.75) is 51.0 Å². The maximum absolute atomic E-state index is 12.3. The Morgan fingerprint density at radius 1 is 1.22 bits per heavy atom. The lowest BCUT2D eigenvalue weighted by Gasteiger charge is -2.17. The fourth-order valence-electron chi connectivity index (χ4n) is 1.85. The normalized spacial score (nSPS) is 12.0. The third-order valence-electron chi connectivity index (χ3n) is 3.07. The molecule has 1 aromatic rings. The monoisotopic (exact) mass is 270 g/mol. The Bertz CT molecular complexity index is 494. The first-order chi connectivity index (χ1) is 8.44. The van der Waals surface area contributed by atoms with Crippen molar-refractivity contribution in [1.82, 2.24) is 4.72 Å². The molecule has 0 aromatic heterocycles. The first-order valence-corrected chi connectivity index (χ1v) is 7.83. The van der Waals surface area contributed by atoms with E-state index in [1.54, 1.807) is 12.1 Å². The summed E-state index contributed by atoms with van der Waals surface area (Å²) in [6.45, 7) is 5.87. The van der Waals surface area contributed by atoms with Gasteiger partial charge in [0.25, 0.3) is 0 Å². The molecule has 0 amide bonds. The Hall–Kier alpha value is -1.07. The first kappa shape index (κ1) is 15.0. The second kappa shape index (κ2) is 6.20. The fraction of sp³-hybridized carbons (Fsp3) is 0.538. The van der Waals surface area contributed by atoms with Gasteiger partial charge in [0.2, 0.25) is 10.0 Å². The van der Waals surface area contributed by atoms with E-state index < -0.39 is 10.0 Å². The average Bonchev–Trinajstić information content (AvgIpc) is 2.36. The van der Waals surface area contributed by atoms with Crippen molar-refractivity contribution in [3.8, 4) is 0 Å². The van der Waals surface area contributed by atoms with Crippen molar-refractivity contribution in [1.29, 1.82) is 0 Å². The zero-order chi connectivity index (χ0) is 13.8. The maximum atomic E-state index is 12.3. The first-order valence-electron chi connectivity index (χ1n) is 6.35. The zero-order valence-electron chi connectivity index (χ0n) is 11.2. The van der Waals surface area contributed by atoms with E-state index in [1.807, 2.05) is 20.8 Å². The van der Waals surface area contributed by atoms with E-state index in [1.165, 1.54) is 6.07 Å². The Morgan fingerprint density at radius 3 is 2.33 bits per heavy atom. The van der Waals surface area contributed by atoms with Gasteiger partial charge in [0.05, 0.1) is 4.90 Å². The van der Waals surface area contributed by atoms with Crippen LogP contribution in [0.15, 0.2) is 23.1 Å². The Morgan fingerprint density at radius 2 is 1.83 bits per heavy atom. The second-order valence-electron chi connectivity index (χ2n) is 4.36. The summed E-state index contributed by atoms with van der Waals surface area (Å²) < 4.78 is 27.4. The third kappa shape index (κ3) is 3.46. The maximum Gasteiger partial charge on any atom is 0.241 e. The molecule has 0 atom stereocenters.